The number of halogens is 2. The zero-order chi connectivity index (χ0) is 15.4. The number of alkyl halides is 2. The van der Waals surface area contributed by atoms with E-state index in [0.29, 0.717) is 11.0 Å². The van der Waals surface area contributed by atoms with Crippen molar-refractivity contribution in [2.45, 2.75) is 13.0 Å². The molecule has 2 aromatic rings. The molecular weight excluding hydrogens is 284 g/mol. The van der Waals surface area contributed by atoms with Crippen LogP contribution in [-0.2, 0) is 6.54 Å². The molecule has 0 aliphatic heterocycles. The molecule has 0 bridgehead atoms. The molecular formula is C14H15F2NO4. The molecule has 5 nitrogen and oxygen atoms in total. The van der Waals surface area contributed by atoms with Crippen LogP contribution >= 0.6 is 0 Å². The molecule has 0 aliphatic rings. The van der Waals surface area contributed by atoms with Crippen molar-refractivity contribution in [3.05, 3.63) is 35.6 Å². The van der Waals surface area contributed by atoms with Gasteiger partial charge in [-0.1, -0.05) is 18.2 Å². The Balaban J connectivity index is 2.35. The van der Waals surface area contributed by atoms with E-state index >= 15 is 0 Å². The Morgan fingerprint density at radius 3 is 2.67 bits per heavy atom. The number of aliphatic hydroxyl groups excluding tert-OH is 1. The van der Waals surface area contributed by atoms with E-state index in [9.17, 15) is 18.7 Å². The molecule has 0 amide bonds. The minimum atomic E-state index is -2.57. The predicted octanol–water partition coefficient (Wildman–Crippen LogP) is 2.19. The van der Waals surface area contributed by atoms with Crippen molar-refractivity contribution in [2.75, 3.05) is 19.7 Å². The Kier molecular flexibility index (Phi) is 4.87. The van der Waals surface area contributed by atoms with Crippen LogP contribution in [0.1, 0.15) is 16.1 Å². The number of hydrogen-bond donors (Lipinski definition) is 2. The fourth-order valence-electron chi connectivity index (χ4n) is 2.22. The van der Waals surface area contributed by atoms with Crippen LogP contribution < -0.4 is 0 Å². The van der Waals surface area contributed by atoms with Gasteiger partial charge in [0.2, 0.25) is 0 Å². The van der Waals surface area contributed by atoms with Gasteiger partial charge in [-0.25, -0.2) is 13.6 Å². The highest BCUT2D eigenvalue weighted by Gasteiger charge is 2.22. The van der Waals surface area contributed by atoms with Gasteiger partial charge in [0.05, 0.1) is 19.7 Å². The molecule has 1 aromatic carbocycles. The number of hydrogen-bond acceptors (Lipinski definition) is 4. The van der Waals surface area contributed by atoms with Crippen molar-refractivity contribution < 1.29 is 28.2 Å². The van der Waals surface area contributed by atoms with Crippen molar-refractivity contribution in [3.63, 3.8) is 0 Å². The van der Waals surface area contributed by atoms with Crippen molar-refractivity contribution in [3.8, 4) is 0 Å². The molecule has 0 atom stereocenters. The fourth-order valence-corrected chi connectivity index (χ4v) is 2.22. The second kappa shape index (κ2) is 6.64. The molecule has 2 rings (SSSR count). The van der Waals surface area contributed by atoms with Gasteiger partial charge in [-0.05, 0) is 6.07 Å². The highest BCUT2D eigenvalue weighted by molar-refractivity contribution is 6.03. The summed E-state index contributed by atoms with van der Waals surface area (Å²) < 4.78 is 30.5. The molecule has 0 saturated heterocycles. The maximum atomic E-state index is 12.5. The summed E-state index contributed by atoms with van der Waals surface area (Å²) in [4.78, 5) is 12.6. The minimum absolute atomic E-state index is 0.0143. The molecule has 0 radical (unpaired) electrons. The molecule has 1 heterocycles. The summed E-state index contributed by atoms with van der Waals surface area (Å²) in [5, 5.41) is 18.6. The molecule has 7 heteroatoms. The van der Waals surface area contributed by atoms with E-state index < -0.39 is 18.9 Å². The number of para-hydroxylation sites is 1. The van der Waals surface area contributed by atoms with Crippen LogP contribution in [0.3, 0.4) is 0 Å². The standard InChI is InChI=1S/C14H15F2NO4/c15-12(16)8-17(5-6-18)7-11-13(14(19)20)9-3-1-2-4-10(9)21-11/h1-4,12,18H,5-8H2,(H,19,20). The number of aliphatic hydroxyl groups is 1. The first-order chi connectivity index (χ1) is 10.0. The number of aromatic carboxylic acids is 1. The molecule has 114 valence electrons. The number of nitrogens with zero attached hydrogens (tertiary/aromatic N) is 1. The van der Waals surface area contributed by atoms with E-state index in [4.69, 9.17) is 9.52 Å². The van der Waals surface area contributed by atoms with Crippen LogP contribution in [0.25, 0.3) is 11.0 Å². The molecule has 0 fully saturated rings. The van der Waals surface area contributed by atoms with E-state index in [-0.39, 0.29) is 31.0 Å². The van der Waals surface area contributed by atoms with Gasteiger partial charge in [0.1, 0.15) is 16.9 Å². The zero-order valence-electron chi connectivity index (χ0n) is 11.1. The van der Waals surface area contributed by atoms with Gasteiger partial charge >= 0.3 is 5.97 Å². The predicted molar refractivity (Wildman–Crippen MR) is 71.5 cm³/mol. The summed E-state index contributed by atoms with van der Waals surface area (Å²) >= 11 is 0. The second-order valence-corrected chi connectivity index (χ2v) is 4.55. The van der Waals surface area contributed by atoms with E-state index in [1.807, 2.05) is 0 Å². The van der Waals surface area contributed by atoms with E-state index in [2.05, 4.69) is 0 Å². The van der Waals surface area contributed by atoms with Crippen LogP contribution in [-0.4, -0.2) is 47.2 Å². The zero-order valence-corrected chi connectivity index (χ0v) is 11.1. The number of carboxylic acid groups (broad SMARTS) is 1. The Morgan fingerprint density at radius 1 is 1.33 bits per heavy atom. The maximum Gasteiger partial charge on any atom is 0.339 e. The average molecular weight is 299 g/mol. The lowest BCUT2D eigenvalue weighted by atomic mass is 10.1. The number of carboxylic acids is 1. The number of rotatable bonds is 7. The summed E-state index contributed by atoms with van der Waals surface area (Å²) in [5.74, 6) is -1.06. The lowest BCUT2D eigenvalue weighted by Crippen LogP contribution is -2.31. The summed E-state index contributed by atoms with van der Waals surface area (Å²) in [6.07, 6.45) is -2.57. The van der Waals surface area contributed by atoms with E-state index in [1.165, 1.54) is 4.90 Å². The SMILES string of the molecule is O=C(O)c1c(CN(CCO)CC(F)F)oc2ccccc12. The minimum Gasteiger partial charge on any atom is -0.478 e. The normalized spacial score (nSPS) is 11.7. The lowest BCUT2D eigenvalue weighted by Gasteiger charge is -2.19. The topological polar surface area (TPSA) is 73.9 Å². The first-order valence-electron chi connectivity index (χ1n) is 6.38. The highest BCUT2D eigenvalue weighted by atomic mass is 19.3. The van der Waals surface area contributed by atoms with Gasteiger partial charge in [0, 0.05) is 11.9 Å². The smallest absolute Gasteiger partial charge is 0.339 e. The van der Waals surface area contributed by atoms with E-state index in [1.54, 1.807) is 24.3 Å². The van der Waals surface area contributed by atoms with Gasteiger partial charge in [0.15, 0.2) is 0 Å². The Bertz CT molecular complexity index is 626. The number of carbonyl (C=O) groups is 1. The molecule has 0 saturated carbocycles. The van der Waals surface area contributed by atoms with Crippen LogP contribution in [0.2, 0.25) is 0 Å². The Labute approximate surface area is 119 Å². The van der Waals surface area contributed by atoms with Crippen LogP contribution in [0.15, 0.2) is 28.7 Å². The van der Waals surface area contributed by atoms with Crippen LogP contribution in [0.5, 0.6) is 0 Å². The van der Waals surface area contributed by atoms with Gasteiger partial charge in [-0.2, -0.15) is 0 Å². The molecule has 0 spiro atoms. The van der Waals surface area contributed by atoms with E-state index in [0.717, 1.165) is 0 Å². The van der Waals surface area contributed by atoms with Crippen LogP contribution in [0.4, 0.5) is 8.78 Å². The van der Waals surface area contributed by atoms with Gasteiger partial charge < -0.3 is 14.6 Å². The summed E-state index contributed by atoms with van der Waals surface area (Å²) in [7, 11) is 0. The summed E-state index contributed by atoms with van der Waals surface area (Å²) in [5.41, 5.74) is 0.369. The maximum absolute atomic E-state index is 12.5. The Hall–Kier alpha value is -1.99. The number of benzene rings is 1. The second-order valence-electron chi connectivity index (χ2n) is 4.55. The van der Waals surface area contributed by atoms with Crippen molar-refractivity contribution in [1.29, 1.82) is 0 Å². The van der Waals surface area contributed by atoms with Crippen LogP contribution in [0, 0.1) is 0 Å². The average Bonchev–Trinajstić information content (AvgIpc) is 2.75. The quantitative estimate of drug-likeness (QED) is 0.820. The molecule has 1 aromatic heterocycles. The molecule has 2 N–H and O–H groups in total. The molecule has 0 unspecified atom stereocenters. The number of fused-ring (bicyclic) bond motifs is 1. The highest BCUT2D eigenvalue weighted by Crippen LogP contribution is 2.27. The van der Waals surface area contributed by atoms with Crippen molar-refractivity contribution >= 4 is 16.9 Å². The van der Waals surface area contributed by atoms with Gasteiger partial charge in [-0.3, -0.25) is 4.90 Å². The Morgan fingerprint density at radius 2 is 2.05 bits per heavy atom. The van der Waals surface area contributed by atoms with Gasteiger partial charge in [0.25, 0.3) is 6.43 Å². The third-order valence-corrected chi connectivity index (χ3v) is 3.06. The summed E-state index contributed by atoms with van der Waals surface area (Å²) in [6.45, 7) is -0.937. The monoisotopic (exact) mass is 299 g/mol. The molecule has 21 heavy (non-hydrogen) atoms. The summed E-state index contributed by atoms with van der Waals surface area (Å²) in [6, 6.07) is 6.61. The fraction of sp³-hybridized carbons (Fsp3) is 0.357. The largest absolute Gasteiger partial charge is 0.478 e. The first kappa shape index (κ1) is 15.4. The number of furan rings is 1. The molecule has 0 aliphatic carbocycles. The first-order valence-corrected chi connectivity index (χ1v) is 6.38. The third kappa shape index (κ3) is 3.56. The van der Waals surface area contributed by atoms with Crippen molar-refractivity contribution in [2.24, 2.45) is 0 Å². The lowest BCUT2D eigenvalue weighted by molar-refractivity contribution is 0.0671. The third-order valence-electron chi connectivity index (χ3n) is 3.06. The van der Waals surface area contributed by atoms with Crippen molar-refractivity contribution in [1.82, 2.24) is 4.90 Å². The van der Waals surface area contributed by atoms with Gasteiger partial charge in [-0.15, -0.1) is 0 Å².